The van der Waals surface area contributed by atoms with Gasteiger partial charge in [0.25, 0.3) is 0 Å². The molecule has 0 amide bonds. The molecule has 0 bridgehead atoms. The van der Waals surface area contributed by atoms with Crippen molar-refractivity contribution in [3.8, 4) is 11.5 Å². The molecule has 0 aliphatic rings. The molecule has 0 unspecified atom stereocenters. The van der Waals surface area contributed by atoms with E-state index in [9.17, 15) is 17.1 Å². The minimum absolute atomic E-state index is 0.166. The highest BCUT2D eigenvalue weighted by atomic mass is 32.3. The Labute approximate surface area is 126 Å². The molecule has 0 aliphatic heterocycles. The van der Waals surface area contributed by atoms with E-state index in [0.29, 0.717) is 5.75 Å². The van der Waals surface area contributed by atoms with Gasteiger partial charge in [-0.1, -0.05) is 16.0 Å². The minimum Gasteiger partial charge on any atom is -0.489 e. The maximum absolute atomic E-state index is 12.3. The topological polar surface area (TPSA) is 89.9 Å². The molecule has 0 radical (unpaired) electrons. The molecule has 2 aromatic carbocycles. The maximum Gasteiger partial charge on any atom is 0.488 e. The van der Waals surface area contributed by atoms with Crippen molar-refractivity contribution >= 4 is 16.5 Å². The van der Waals surface area contributed by atoms with Gasteiger partial charge in [-0.25, -0.2) is 4.79 Å². The maximum atomic E-state index is 12.3. The molecule has 2 aromatic rings. The Balaban J connectivity index is 1.95. The molecule has 2 rings (SSSR count). The highest BCUT2D eigenvalue weighted by Crippen LogP contribution is 2.20. The molecule has 8 heteroatoms. The Morgan fingerprint density at radius 1 is 1.00 bits per heavy atom. The fourth-order valence-electron chi connectivity index (χ4n) is 1.62. The fourth-order valence-corrected chi connectivity index (χ4v) is 1.96. The van der Waals surface area contributed by atoms with Gasteiger partial charge in [0.15, 0.2) is 0 Å². The molecule has 0 aliphatic carbocycles. The Morgan fingerprint density at radius 3 is 2.05 bits per heavy atom. The number of carboxylic acids is 1. The first kappa shape index (κ1) is 15.8. The molecule has 0 aromatic heterocycles. The highest BCUT2D eigenvalue weighted by molar-refractivity contribution is 7.81. The molecule has 0 heterocycles. The zero-order valence-corrected chi connectivity index (χ0v) is 11.9. The van der Waals surface area contributed by atoms with Crippen LogP contribution in [0.1, 0.15) is 15.9 Å². The van der Waals surface area contributed by atoms with Gasteiger partial charge in [0.05, 0.1) is 5.56 Å². The molecular weight excluding hydrogens is 315 g/mol. The molecule has 116 valence electrons. The van der Waals surface area contributed by atoms with Crippen LogP contribution in [0.5, 0.6) is 11.5 Å². The Hall–Kier alpha value is -2.61. The summed E-state index contributed by atoms with van der Waals surface area (Å²) >= 11 is 0. The van der Waals surface area contributed by atoms with E-state index < -0.39 is 16.5 Å². The van der Waals surface area contributed by atoms with E-state index in [2.05, 4.69) is 4.18 Å². The lowest BCUT2D eigenvalue weighted by molar-refractivity contribution is 0.0697. The zero-order valence-electron chi connectivity index (χ0n) is 11.1. The molecule has 0 saturated carbocycles. The van der Waals surface area contributed by atoms with Crippen LogP contribution in [0.4, 0.5) is 3.89 Å². The minimum atomic E-state index is -5.05. The highest BCUT2D eigenvalue weighted by Gasteiger charge is 2.09. The third-order valence-electron chi connectivity index (χ3n) is 2.63. The van der Waals surface area contributed by atoms with Crippen molar-refractivity contribution in [3.05, 3.63) is 59.7 Å². The lowest BCUT2D eigenvalue weighted by Crippen LogP contribution is -2.01. The van der Waals surface area contributed by atoms with Gasteiger partial charge in [-0.2, -0.15) is 8.42 Å². The summed E-state index contributed by atoms with van der Waals surface area (Å²) in [5.41, 5.74) is 0.939. The fraction of sp³-hybridized carbons (Fsp3) is 0.0714. The van der Waals surface area contributed by atoms with E-state index in [4.69, 9.17) is 9.84 Å². The predicted molar refractivity (Wildman–Crippen MR) is 74.8 cm³/mol. The number of hydrogen-bond acceptors (Lipinski definition) is 5. The lowest BCUT2D eigenvalue weighted by Gasteiger charge is -2.07. The summed E-state index contributed by atoms with van der Waals surface area (Å²) < 4.78 is 42.4. The summed E-state index contributed by atoms with van der Waals surface area (Å²) in [6.45, 7) is 0.196. The SMILES string of the molecule is O=C(O)c1ccc(COc2ccc(OS(=O)(=O)F)cc2)cc1. The number of carboxylic acid groups (broad SMARTS) is 1. The monoisotopic (exact) mass is 326 g/mol. The number of hydrogen-bond donors (Lipinski definition) is 1. The van der Waals surface area contributed by atoms with Crippen LogP contribution in [-0.4, -0.2) is 19.5 Å². The van der Waals surface area contributed by atoms with Crippen molar-refractivity contribution in [2.24, 2.45) is 0 Å². The van der Waals surface area contributed by atoms with Crippen LogP contribution in [0.25, 0.3) is 0 Å². The quantitative estimate of drug-likeness (QED) is 0.821. The number of ether oxygens (including phenoxy) is 1. The van der Waals surface area contributed by atoms with Crippen LogP contribution in [0.2, 0.25) is 0 Å². The molecular formula is C14H11FO6S. The van der Waals surface area contributed by atoms with E-state index in [1.165, 1.54) is 36.4 Å². The van der Waals surface area contributed by atoms with Crippen LogP contribution >= 0.6 is 0 Å². The summed E-state index contributed by atoms with van der Waals surface area (Å²) in [4.78, 5) is 10.7. The molecule has 0 atom stereocenters. The predicted octanol–water partition coefficient (Wildman–Crippen LogP) is 2.56. The van der Waals surface area contributed by atoms with E-state index >= 15 is 0 Å². The van der Waals surface area contributed by atoms with Crippen molar-refractivity contribution in [3.63, 3.8) is 0 Å². The van der Waals surface area contributed by atoms with Crippen molar-refractivity contribution in [2.75, 3.05) is 0 Å². The van der Waals surface area contributed by atoms with Gasteiger partial charge in [0, 0.05) is 0 Å². The first-order chi connectivity index (χ1) is 10.3. The number of halogens is 1. The average Bonchev–Trinajstić information content (AvgIpc) is 2.45. The normalized spacial score (nSPS) is 11.0. The van der Waals surface area contributed by atoms with Crippen LogP contribution < -0.4 is 8.92 Å². The van der Waals surface area contributed by atoms with Crippen LogP contribution in [-0.2, 0) is 17.1 Å². The number of aromatic carboxylic acids is 1. The van der Waals surface area contributed by atoms with Crippen molar-refractivity contribution in [2.45, 2.75) is 6.61 Å². The largest absolute Gasteiger partial charge is 0.489 e. The Bertz CT molecular complexity index is 753. The van der Waals surface area contributed by atoms with Crippen LogP contribution in [0, 0.1) is 0 Å². The Morgan fingerprint density at radius 2 is 1.55 bits per heavy atom. The third-order valence-corrected chi connectivity index (χ3v) is 3.02. The molecule has 0 spiro atoms. The third kappa shape index (κ3) is 4.74. The van der Waals surface area contributed by atoms with Gasteiger partial charge in [-0.15, -0.1) is 0 Å². The van der Waals surface area contributed by atoms with Gasteiger partial charge in [-0.05, 0) is 42.0 Å². The van der Waals surface area contributed by atoms with Gasteiger partial charge in [-0.3, -0.25) is 0 Å². The van der Waals surface area contributed by atoms with E-state index in [-0.39, 0.29) is 17.9 Å². The first-order valence-electron chi connectivity index (χ1n) is 6.03. The molecule has 0 saturated heterocycles. The van der Waals surface area contributed by atoms with E-state index in [1.54, 1.807) is 12.1 Å². The van der Waals surface area contributed by atoms with Gasteiger partial charge < -0.3 is 14.0 Å². The molecule has 6 nitrogen and oxygen atoms in total. The zero-order chi connectivity index (χ0) is 16.2. The molecule has 22 heavy (non-hydrogen) atoms. The number of carbonyl (C=O) groups is 1. The summed E-state index contributed by atoms with van der Waals surface area (Å²) in [6.07, 6.45) is 0. The summed E-state index contributed by atoms with van der Waals surface area (Å²) in [7, 11) is -5.05. The van der Waals surface area contributed by atoms with Crippen molar-refractivity contribution in [1.82, 2.24) is 0 Å². The summed E-state index contributed by atoms with van der Waals surface area (Å²) in [6, 6.07) is 11.5. The second kappa shape index (κ2) is 6.44. The summed E-state index contributed by atoms with van der Waals surface area (Å²) in [5, 5.41) is 8.78. The standard InChI is InChI=1S/C14H11FO6S/c15-22(18,19)21-13-7-5-12(6-8-13)20-9-10-1-3-11(4-2-10)14(16)17/h1-8H,9H2,(H,16,17). The summed E-state index contributed by atoms with van der Waals surface area (Å²) in [5.74, 6) is -0.752. The smallest absolute Gasteiger partial charge is 0.488 e. The van der Waals surface area contributed by atoms with Gasteiger partial charge >= 0.3 is 16.5 Å². The first-order valence-corrected chi connectivity index (χ1v) is 7.33. The van der Waals surface area contributed by atoms with Crippen molar-refractivity contribution < 1.29 is 31.1 Å². The van der Waals surface area contributed by atoms with Crippen LogP contribution in [0.3, 0.4) is 0 Å². The van der Waals surface area contributed by atoms with E-state index in [1.807, 2.05) is 0 Å². The van der Waals surface area contributed by atoms with E-state index in [0.717, 1.165) is 5.56 Å². The van der Waals surface area contributed by atoms with Gasteiger partial charge in [0.2, 0.25) is 0 Å². The average molecular weight is 326 g/mol. The van der Waals surface area contributed by atoms with Gasteiger partial charge in [0.1, 0.15) is 18.1 Å². The Kier molecular flexibility index (Phi) is 4.62. The second-order valence-electron chi connectivity index (χ2n) is 4.24. The molecule has 0 fully saturated rings. The number of rotatable bonds is 6. The number of benzene rings is 2. The lowest BCUT2D eigenvalue weighted by atomic mass is 10.1. The second-order valence-corrected chi connectivity index (χ2v) is 5.19. The van der Waals surface area contributed by atoms with Crippen molar-refractivity contribution in [1.29, 1.82) is 0 Å². The van der Waals surface area contributed by atoms with Crippen LogP contribution in [0.15, 0.2) is 48.5 Å². The molecule has 1 N–H and O–H groups in total.